The van der Waals surface area contributed by atoms with Crippen LogP contribution in [0.15, 0.2) is 53.4 Å². The minimum absolute atomic E-state index is 0.106. The zero-order chi connectivity index (χ0) is 19.4. The number of hydrogen-bond acceptors (Lipinski definition) is 4. The van der Waals surface area contributed by atoms with Crippen LogP contribution in [-0.4, -0.2) is 36.8 Å². The first-order valence-corrected chi connectivity index (χ1v) is 10.2. The lowest BCUT2D eigenvalue weighted by atomic mass is 9.70. The van der Waals surface area contributed by atoms with Gasteiger partial charge in [-0.05, 0) is 57.0 Å². The van der Waals surface area contributed by atoms with Crippen LogP contribution in [0.4, 0.5) is 0 Å². The molecule has 0 heterocycles. The molecule has 0 bridgehead atoms. The van der Waals surface area contributed by atoms with Gasteiger partial charge in [-0.1, -0.05) is 48.5 Å². The van der Waals surface area contributed by atoms with E-state index in [1.54, 1.807) is 0 Å². The fourth-order valence-electron chi connectivity index (χ4n) is 4.18. The van der Waals surface area contributed by atoms with Gasteiger partial charge in [-0.3, -0.25) is 0 Å². The standard InChI is InChI=1S/C23H31NO2S/c1-17-8-7-11-21(22(17)27)23(25)13-12-20(14-19(23)15-24(2)3)26-16-18-9-5-4-6-10-18/h4-11,19-20,25,27H,12-16H2,1-3H3. The summed E-state index contributed by atoms with van der Waals surface area (Å²) in [7, 11) is 4.12. The van der Waals surface area contributed by atoms with E-state index in [1.807, 2.05) is 43.3 Å². The van der Waals surface area contributed by atoms with Gasteiger partial charge in [-0.15, -0.1) is 12.6 Å². The van der Waals surface area contributed by atoms with Crippen LogP contribution in [-0.2, 0) is 16.9 Å². The van der Waals surface area contributed by atoms with Gasteiger partial charge in [0.2, 0.25) is 0 Å². The van der Waals surface area contributed by atoms with Crippen LogP contribution >= 0.6 is 12.6 Å². The highest BCUT2D eigenvalue weighted by atomic mass is 32.1. The summed E-state index contributed by atoms with van der Waals surface area (Å²) in [4.78, 5) is 3.07. The van der Waals surface area contributed by atoms with Crippen molar-refractivity contribution in [3.05, 3.63) is 65.2 Å². The quantitative estimate of drug-likeness (QED) is 0.722. The van der Waals surface area contributed by atoms with Gasteiger partial charge < -0.3 is 14.7 Å². The Morgan fingerprint density at radius 2 is 1.89 bits per heavy atom. The fraction of sp³-hybridized carbons (Fsp3) is 0.478. The lowest BCUT2D eigenvalue weighted by Crippen LogP contribution is -2.47. The Balaban J connectivity index is 1.77. The van der Waals surface area contributed by atoms with Crippen LogP contribution in [0.2, 0.25) is 0 Å². The van der Waals surface area contributed by atoms with Crippen molar-refractivity contribution in [2.24, 2.45) is 5.92 Å². The van der Waals surface area contributed by atoms with E-state index in [2.05, 4.69) is 31.1 Å². The third-order valence-corrected chi connectivity index (χ3v) is 6.28. The van der Waals surface area contributed by atoms with Crippen molar-refractivity contribution in [2.75, 3.05) is 20.6 Å². The molecular formula is C23H31NO2S. The van der Waals surface area contributed by atoms with Gasteiger partial charge in [0, 0.05) is 17.4 Å². The molecule has 1 fully saturated rings. The van der Waals surface area contributed by atoms with Crippen molar-refractivity contribution < 1.29 is 9.84 Å². The van der Waals surface area contributed by atoms with Crippen molar-refractivity contribution in [3.8, 4) is 0 Å². The first-order chi connectivity index (χ1) is 12.9. The summed E-state index contributed by atoms with van der Waals surface area (Å²) in [5, 5.41) is 11.7. The van der Waals surface area contributed by atoms with Gasteiger partial charge in [0.05, 0.1) is 18.3 Å². The second kappa shape index (κ2) is 8.78. The highest BCUT2D eigenvalue weighted by molar-refractivity contribution is 7.80. The molecule has 0 radical (unpaired) electrons. The third kappa shape index (κ3) is 4.75. The van der Waals surface area contributed by atoms with Crippen molar-refractivity contribution in [2.45, 2.75) is 49.4 Å². The molecule has 1 aliphatic rings. The molecule has 27 heavy (non-hydrogen) atoms. The Bertz CT molecular complexity index is 749. The molecule has 3 nitrogen and oxygen atoms in total. The second-order valence-electron chi connectivity index (χ2n) is 8.05. The first kappa shape index (κ1) is 20.4. The fourth-order valence-corrected chi connectivity index (χ4v) is 4.53. The average Bonchev–Trinajstić information content (AvgIpc) is 2.65. The molecule has 3 unspecified atom stereocenters. The molecule has 1 N–H and O–H groups in total. The van der Waals surface area contributed by atoms with E-state index < -0.39 is 5.60 Å². The van der Waals surface area contributed by atoms with E-state index in [4.69, 9.17) is 17.4 Å². The van der Waals surface area contributed by atoms with Crippen LogP contribution in [0.5, 0.6) is 0 Å². The highest BCUT2D eigenvalue weighted by Gasteiger charge is 2.44. The molecule has 0 aliphatic heterocycles. The molecular weight excluding hydrogens is 354 g/mol. The van der Waals surface area contributed by atoms with Crippen molar-refractivity contribution in [3.63, 3.8) is 0 Å². The lowest BCUT2D eigenvalue weighted by molar-refractivity contribution is -0.112. The third-order valence-electron chi connectivity index (χ3n) is 5.69. The summed E-state index contributed by atoms with van der Waals surface area (Å²) in [6, 6.07) is 16.4. The molecule has 0 aromatic heterocycles. The molecule has 1 aliphatic carbocycles. The summed E-state index contributed by atoms with van der Waals surface area (Å²) in [5.41, 5.74) is 2.40. The van der Waals surface area contributed by atoms with E-state index in [9.17, 15) is 5.11 Å². The molecule has 0 saturated heterocycles. The van der Waals surface area contributed by atoms with E-state index in [1.165, 1.54) is 5.56 Å². The van der Waals surface area contributed by atoms with Gasteiger partial charge in [0.15, 0.2) is 0 Å². The molecule has 1 saturated carbocycles. The van der Waals surface area contributed by atoms with E-state index in [-0.39, 0.29) is 12.0 Å². The molecule has 2 aromatic rings. The van der Waals surface area contributed by atoms with Crippen molar-refractivity contribution in [1.29, 1.82) is 0 Å². The van der Waals surface area contributed by atoms with Gasteiger partial charge >= 0.3 is 0 Å². The van der Waals surface area contributed by atoms with Crippen LogP contribution in [0, 0.1) is 12.8 Å². The highest BCUT2D eigenvalue weighted by Crippen LogP contribution is 2.45. The number of thiol groups is 1. The lowest BCUT2D eigenvalue weighted by Gasteiger charge is -2.45. The molecule has 3 atom stereocenters. The van der Waals surface area contributed by atoms with Gasteiger partial charge in [-0.25, -0.2) is 0 Å². The number of benzene rings is 2. The maximum atomic E-state index is 11.7. The van der Waals surface area contributed by atoms with Gasteiger partial charge in [0.1, 0.15) is 0 Å². The summed E-state index contributed by atoms with van der Waals surface area (Å²) in [6.07, 6.45) is 2.57. The molecule has 0 amide bonds. The number of hydrogen-bond donors (Lipinski definition) is 2. The SMILES string of the molecule is Cc1cccc(C2(O)CCC(OCc3ccccc3)CC2CN(C)C)c1S. The Hall–Kier alpha value is -1.33. The molecule has 0 spiro atoms. The van der Waals surface area contributed by atoms with Crippen LogP contribution in [0.1, 0.15) is 36.0 Å². The van der Waals surface area contributed by atoms with Crippen LogP contribution in [0.3, 0.4) is 0 Å². The maximum Gasteiger partial charge on any atom is 0.0949 e. The predicted octanol–water partition coefficient (Wildman–Crippen LogP) is 4.42. The van der Waals surface area contributed by atoms with E-state index >= 15 is 0 Å². The van der Waals surface area contributed by atoms with Gasteiger partial charge in [0.25, 0.3) is 0 Å². The Kier molecular flexibility index (Phi) is 6.64. The predicted molar refractivity (Wildman–Crippen MR) is 113 cm³/mol. The topological polar surface area (TPSA) is 32.7 Å². The number of nitrogens with zero attached hydrogens (tertiary/aromatic N) is 1. The smallest absolute Gasteiger partial charge is 0.0949 e. The number of aliphatic hydroxyl groups is 1. The van der Waals surface area contributed by atoms with Crippen LogP contribution < -0.4 is 0 Å². The Morgan fingerprint density at radius 3 is 2.59 bits per heavy atom. The number of rotatable bonds is 6. The molecule has 2 aromatic carbocycles. The number of ether oxygens (including phenoxy) is 1. The monoisotopic (exact) mass is 385 g/mol. The minimum Gasteiger partial charge on any atom is -0.385 e. The second-order valence-corrected chi connectivity index (χ2v) is 8.49. The first-order valence-electron chi connectivity index (χ1n) is 9.72. The maximum absolute atomic E-state index is 11.7. The normalized spacial score (nSPS) is 25.7. The zero-order valence-corrected chi connectivity index (χ0v) is 17.5. The average molecular weight is 386 g/mol. The summed E-state index contributed by atoms with van der Waals surface area (Å²) in [6.45, 7) is 3.49. The Morgan fingerprint density at radius 1 is 1.15 bits per heavy atom. The largest absolute Gasteiger partial charge is 0.385 e. The van der Waals surface area contributed by atoms with E-state index in [0.29, 0.717) is 13.0 Å². The molecule has 146 valence electrons. The molecule has 3 rings (SSSR count). The van der Waals surface area contributed by atoms with E-state index in [0.717, 1.165) is 35.4 Å². The van der Waals surface area contributed by atoms with Gasteiger partial charge in [-0.2, -0.15) is 0 Å². The Labute approximate surface area is 168 Å². The zero-order valence-electron chi connectivity index (χ0n) is 16.6. The molecule has 4 heteroatoms. The number of aryl methyl sites for hydroxylation is 1. The summed E-state index contributed by atoms with van der Waals surface area (Å²) >= 11 is 4.71. The van der Waals surface area contributed by atoms with Crippen LogP contribution in [0.25, 0.3) is 0 Å². The van der Waals surface area contributed by atoms with Crippen molar-refractivity contribution >= 4 is 12.6 Å². The van der Waals surface area contributed by atoms with Crippen molar-refractivity contribution in [1.82, 2.24) is 4.90 Å². The summed E-state index contributed by atoms with van der Waals surface area (Å²) in [5.74, 6) is 0.106. The minimum atomic E-state index is -0.861. The summed E-state index contributed by atoms with van der Waals surface area (Å²) < 4.78 is 6.22.